The van der Waals surface area contributed by atoms with Crippen molar-refractivity contribution in [2.75, 3.05) is 25.2 Å². The second-order valence-corrected chi connectivity index (χ2v) is 7.60. The molecule has 2 rings (SSSR count). The highest BCUT2D eigenvalue weighted by atomic mass is 79.9. The largest absolute Gasteiger partial charge is 0.383 e. The Balaban J connectivity index is 2.21. The number of carbonyl (C=O) groups excluding carboxylic acids is 1. The van der Waals surface area contributed by atoms with E-state index in [0.717, 1.165) is 0 Å². The van der Waals surface area contributed by atoms with E-state index in [2.05, 4.69) is 21.0 Å². The number of rotatable bonds is 5. The Hall–Kier alpha value is -0.730. The normalized spacial score (nSPS) is 21.7. The lowest BCUT2D eigenvalue weighted by Crippen LogP contribution is -2.21. The molecule has 0 amide bonds. The molecule has 1 fully saturated rings. The molecule has 19 heavy (non-hydrogen) atoms. The van der Waals surface area contributed by atoms with Crippen molar-refractivity contribution in [2.24, 2.45) is 5.92 Å². The van der Waals surface area contributed by atoms with Crippen LogP contribution in [0.4, 0.5) is 0 Å². The van der Waals surface area contributed by atoms with E-state index in [1.807, 2.05) is 0 Å². The molecule has 1 aromatic heterocycles. The van der Waals surface area contributed by atoms with Crippen LogP contribution in [0.1, 0.15) is 16.9 Å². The van der Waals surface area contributed by atoms with Crippen LogP contribution in [0, 0.1) is 5.92 Å². The third-order valence-electron chi connectivity index (χ3n) is 3.14. The molecule has 1 unspecified atom stereocenters. The minimum atomic E-state index is -3.06. The molecule has 1 aliphatic rings. The first-order chi connectivity index (χ1) is 8.94. The van der Waals surface area contributed by atoms with Gasteiger partial charge in [0.25, 0.3) is 0 Å². The van der Waals surface area contributed by atoms with Gasteiger partial charge in [0, 0.05) is 13.0 Å². The number of ether oxygens (including phenoxy) is 1. The van der Waals surface area contributed by atoms with Crippen molar-refractivity contribution in [3.05, 3.63) is 16.4 Å². The molecule has 1 saturated heterocycles. The third kappa shape index (κ3) is 3.24. The van der Waals surface area contributed by atoms with E-state index in [1.165, 1.54) is 0 Å². The van der Waals surface area contributed by atoms with Crippen molar-refractivity contribution in [1.29, 1.82) is 0 Å². The van der Waals surface area contributed by atoms with Gasteiger partial charge in [0.2, 0.25) is 0 Å². The van der Waals surface area contributed by atoms with E-state index in [0.29, 0.717) is 29.7 Å². The lowest BCUT2D eigenvalue weighted by Gasteiger charge is -2.10. The molecule has 0 bridgehead atoms. The average molecular weight is 351 g/mol. The summed E-state index contributed by atoms with van der Waals surface area (Å²) in [7, 11) is -1.49. The first-order valence-electron chi connectivity index (χ1n) is 5.89. The van der Waals surface area contributed by atoms with Crippen LogP contribution in [-0.4, -0.2) is 49.2 Å². The summed E-state index contributed by atoms with van der Waals surface area (Å²) < 4.78 is 30.0. The topological polar surface area (TPSA) is 78.3 Å². The molecule has 1 atom stereocenters. The van der Waals surface area contributed by atoms with E-state index in [4.69, 9.17) is 4.74 Å². The van der Waals surface area contributed by atoms with Gasteiger partial charge in [0.15, 0.2) is 15.6 Å². The van der Waals surface area contributed by atoms with E-state index in [-0.39, 0.29) is 17.3 Å². The zero-order valence-corrected chi connectivity index (χ0v) is 12.9. The number of methoxy groups -OCH3 is 1. The highest BCUT2D eigenvalue weighted by Crippen LogP contribution is 2.26. The molecular formula is C11H15BrN2O4S. The predicted octanol–water partition coefficient (Wildman–Crippen LogP) is 0.909. The molecule has 0 N–H and O–H groups in total. The predicted molar refractivity (Wildman–Crippen MR) is 72.9 cm³/mol. The van der Waals surface area contributed by atoms with Gasteiger partial charge in [-0.25, -0.2) is 8.42 Å². The monoisotopic (exact) mass is 350 g/mol. The Bertz CT molecular complexity index is 582. The number of ketones is 1. The lowest BCUT2D eigenvalue weighted by molar-refractivity contribution is 0.0918. The molecule has 0 radical (unpaired) electrons. The van der Waals surface area contributed by atoms with Crippen LogP contribution in [0.2, 0.25) is 0 Å². The Morgan fingerprint density at radius 1 is 1.63 bits per heavy atom. The highest BCUT2D eigenvalue weighted by Gasteiger charge is 2.35. The van der Waals surface area contributed by atoms with Gasteiger partial charge in [-0.05, 0) is 22.4 Å². The maximum Gasteiger partial charge on any atom is 0.186 e. The molecule has 2 heterocycles. The number of hydrogen-bond donors (Lipinski definition) is 0. The second-order valence-electron chi connectivity index (χ2n) is 4.52. The van der Waals surface area contributed by atoms with Crippen LogP contribution in [-0.2, 0) is 21.1 Å². The maximum atomic E-state index is 12.4. The zero-order chi connectivity index (χ0) is 14.0. The van der Waals surface area contributed by atoms with E-state index >= 15 is 0 Å². The number of carbonyl (C=O) groups is 1. The first-order valence-corrected chi connectivity index (χ1v) is 8.51. The smallest absolute Gasteiger partial charge is 0.186 e. The molecule has 6 nitrogen and oxygen atoms in total. The summed E-state index contributed by atoms with van der Waals surface area (Å²) in [4.78, 5) is 12.4. The van der Waals surface area contributed by atoms with Gasteiger partial charge in [-0.15, -0.1) is 0 Å². The standard InChI is InChI=1S/C11H15BrN2O4S/c1-18-4-3-14-10(9(12)6-13-14)11(15)8-2-5-19(16,17)7-8/h6,8H,2-5,7H2,1H3. The Morgan fingerprint density at radius 3 is 2.95 bits per heavy atom. The first kappa shape index (κ1) is 14.7. The molecule has 0 aromatic carbocycles. The van der Waals surface area contributed by atoms with Gasteiger partial charge < -0.3 is 4.74 Å². The highest BCUT2D eigenvalue weighted by molar-refractivity contribution is 9.10. The van der Waals surface area contributed by atoms with Crippen LogP contribution >= 0.6 is 15.9 Å². The summed E-state index contributed by atoms with van der Waals surface area (Å²) in [6.07, 6.45) is 1.94. The fourth-order valence-electron chi connectivity index (χ4n) is 2.15. The minimum absolute atomic E-state index is 0.0618. The van der Waals surface area contributed by atoms with E-state index in [1.54, 1.807) is 18.0 Å². The van der Waals surface area contributed by atoms with Crippen molar-refractivity contribution in [3.8, 4) is 0 Å². The Kier molecular flexibility index (Phi) is 4.42. The summed E-state index contributed by atoms with van der Waals surface area (Å²) in [5, 5.41) is 4.10. The molecule has 8 heteroatoms. The van der Waals surface area contributed by atoms with Gasteiger partial charge in [-0.2, -0.15) is 5.10 Å². The molecule has 0 aliphatic carbocycles. The van der Waals surface area contributed by atoms with Crippen LogP contribution in [0.25, 0.3) is 0 Å². The summed E-state index contributed by atoms with van der Waals surface area (Å²) in [6.45, 7) is 0.903. The number of nitrogens with zero attached hydrogens (tertiary/aromatic N) is 2. The van der Waals surface area contributed by atoms with Crippen molar-refractivity contribution in [3.63, 3.8) is 0 Å². The fraction of sp³-hybridized carbons (Fsp3) is 0.636. The van der Waals surface area contributed by atoms with Gasteiger partial charge in [0.05, 0.1) is 35.3 Å². The average Bonchev–Trinajstić information content (AvgIpc) is 2.89. The van der Waals surface area contributed by atoms with Gasteiger partial charge in [-0.1, -0.05) is 0 Å². The number of sulfone groups is 1. The maximum absolute atomic E-state index is 12.4. The SMILES string of the molecule is COCCn1ncc(Br)c1C(=O)C1CCS(=O)(=O)C1. The number of hydrogen-bond acceptors (Lipinski definition) is 5. The molecule has 106 valence electrons. The molecule has 0 saturated carbocycles. The Labute approximate surface area is 120 Å². The van der Waals surface area contributed by atoms with Crippen molar-refractivity contribution < 1.29 is 17.9 Å². The molecular weight excluding hydrogens is 336 g/mol. The molecule has 0 spiro atoms. The molecule has 1 aliphatic heterocycles. The van der Waals surface area contributed by atoms with Crippen LogP contribution in [0.3, 0.4) is 0 Å². The van der Waals surface area contributed by atoms with Crippen LogP contribution < -0.4 is 0 Å². The summed E-state index contributed by atoms with van der Waals surface area (Å²) >= 11 is 3.29. The summed E-state index contributed by atoms with van der Waals surface area (Å²) in [5.41, 5.74) is 0.430. The molecule has 1 aromatic rings. The number of aromatic nitrogens is 2. The minimum Gasteiger partial charge on any atom is -0.383 e. The fourth-order valence-corrected chi connectivity index (χ4v) is 4.38. The lowest BCUT2D eigenvalue weighted by atomic mass is 10.0. The zero-order valence-electron chi connectivity index (χ0n) is 10.5. The second kappa shape index (κ2) is 5.72. The third-order valence-corrected chi connectivity index (χ3v) is 5.49. The van der Waals surface area contributed by atoms with E-state index < -0.39 is 15.8 Å². The van der Waals surface area contributed by atoms with Crippen LogP contribution in [0.15, 0.2) is 10.7 Å². The van der Waals surface area contributed by atoms with Crippen molar-refractivity contribution in [2.45, 2.75) is 13.0 Å². The summed E-state index contributed by atoms with van der Waals surface area (Å²) in [5.74, 6) is -0.595. The summed E-state index contributed by atoms with van der Waals surface area (Å²) in [6, 6.07) is 0. The van der Waals surface area contributed by atoms with E-state index in [9.17, 15) is 13.2 Å². The van der Waals surface area contributed by atoms with Crippen molar-refractivity contribution >= 4 is 31.6 Å². The number of halogens is 1. The van der Waals surface area contributed by atoms with Gasteiger partial charge >= 0.3 is 0 Å². The van der Waals surface area contributed by atoms with Crippen molar-refractivity contribution in [1.82, 2.24) is 9.78 Å². The van der Waals surface area contributed by atoms with Gasteiger partial charge in [0.1, 0.15) is 5.69 Å². The quantitative estimate of drug-likeness (QED) is 0.737. The van der Waals surface area contributed by atoms with Crippen LogP contribution in [0.5, 0.6) is 0 Å². The Morgan fingerprint density at radius 2 is 2.37 bits per heavy atom. The number of Topliss-reactive ketones (excluding diaryl/α,β-unsaturated/α-hetero) is 1. The van der Waals surface area contributed by atoms with Gasteiger partial charge in [-0.3, -0.25) is 9.48 Å².